The van der Waals surface area contributed by atoms with E-state index in [1.165, 1.54) is 0 Å². The molecule has 1 aromatic heterocycles. The van der Waals surface area contributed by atoms with Crippen LogP contribution in [0.2, 0.25) is 0 Å². The fraction of sp³-hybridized carbons (Fsp3) is 0.667. The van der Waals surface area contributed by atoms with Crippen molar-refractivity contribution < 1.29 is 14.4 Å². The Kier molecular flexibility index (Phi) is 3.16. The predicted octanol–water partition coefficient (Wildman–Crippen LogP) is -0.656. The highest BCUT2D eigenvalue weighted by molar-refractivity contribution is 5.90. The molecule has 7 heteroatoms. The molecule has 1 fully saturated rings. The minimum Gasteiger partial charge on any atom is -0.396 e. The first-order chi connectivity index (χ1) is 7.70. The van der Waals surface area contributed by atoms with E-state index in [9.17, 15) is 4.79 Å². The topological polar surface area (TPSA) is 114 Å². The largest absolute Gasteiger partial charge is 0.396 e. The smallest absolute Gasteiger partial charge is 0.292 e. The summed E-state index contributed by atoms with van der Waals surface area (Å²) in [7, 11) is 0. The normalized spacial score (nSPS) is 17.1. The number of aromatic nitrogens is 2. The van der Waals surface area contributed by atoms with E-state index >= 15 is 0 Å². The number of nitrogens with zero attached hydrogens (tertiary/aromatic N) is 2. The molecule has 0 saturated heterocycles. The molecule has 4 N–H and O–H groups in total. The van der Waals surface area contributed by atoms with Crippen LogP contribution in [-0.4, -0.2) is 33.8 Å². The van der Waals surface area contributed by atoms with Gasteiger partial charge < -0.3 is 20.7 Å². The molecule has 2 rings (SSSR count). The molecule has 0 bridgehead atoms. The van der Waals surface area contributed by atoms with E-state index in [0.29, 0.717) is 6.42 Å². The number of carbonyl (C=O) groups is 1. The Hall–Kier alpha value is -1.47. The summed E-state index contributed by atoms with van der Waals surface area (Å²) in [4.78, 5) is 15.4. The maximum atomic E-state index is 11.5. The van der Waals surface area contributed by atoms with Crippen molar-refractivity contribution in [3.63, 3.8) is 0 Å². The van der Waals surface area contributed by atoms with Gasteiger partial charge in [0, 0.05) is 12.6 Å². The van der Waals surface area contributed by atoms with Crippen LogP contribution in [0.25, 0.3) is 0 Å². The van der Waals surface area contributed by atoms with Crippen LogP contribution in [0.15, 0.2) is 4.52 Å². The third-order valence-electron chi connectivity index (χ3n) is 2.31. The number of aliphatic hydroxyl groups is 1. The summed E-state index contributed by atoms with van der Waals surface area (Å²) in [5.74, 6) is -0.168. The van der Waals surface area contributed by atoms with Crippen molar-refractivity contribution in [1.29, 1.82) is 0 Å². The minimum absolute atomic E-state index is 0.00436. The fourth-order valence-electron chi connectivity index (χ4n) is 1.22. The van der Waals surface area contributed by atoms with Gasteiger partial charge in [-0.05, 0) is 19.3 Å². The maximum Gasteiger partial charge on any atom is 0.292 e. The number of nitrogens with one attached hydrogen (secondary N) is 1. The lowest BCUT2D eigenvalue weighted by atomic mass is 10.2. The number of hydrogen-bond donors (Lipinski definition) is 3. The van der Waals surface area contributed by atoms with Crippen molar-refractivity contribution in [3.8, 4) is 0 Å². The van der Waals surface area contributed by atoms with E-state index in [1.54, 1.807) is 0 Å². The van der Waals surface area contributed by atoms with Crippen LogP contribution in [0, 0.1) is 0 Å². The van der Waals surface area contributed by atoms with Gasteiger partial charge in [-0.2, -0.15) is 4.98 Å². The number of hydrogen-bond acceptors (Lipinski definition) is 6. The zero-order chi connectivity index (χ0) is 11.5. The Bertz CT molecular complexity index is 375. The highest BCUT2D eigenvalue weighted by Gasteiger charge is 2.26. The first-order valence-corrected chi connectivity index (χ1v) is 5.21. The number of nitrogens with two attached hydrogens (primary N) is 1. The molecular weight excluding hydrogens is 212 g/mol. The van der Waals surface area contributed by atoms with Gasteiger partial charge >= 0.3 is 0 Å². The summed E-state index contributed by atoms with van der Waals surface area (Å²) in [5, 5.41) is 15.0. The van der Waals surface area contributed by atoms with Crippen LogP contribution < -0.4 is 11.1 Å². The molecule has 0 aliphatic heterocycles. The van der Waals surface area contributed by atoms with Crippen molar-refractivity contribution in [2.24, 2.45) is 5.73 Å². The molecule has 1 amide bonds. The summed E-state index contributed by atoms with van der Waals surface area (Å²) in [6.07, 6.45) is 2.33. The van der Waals surface area contributed by atoms with Crippen LogP contribution in [0.5, 0.6) is 0 Å². The quantitative estimate of drug-likeness (QED) is 0.614. The molecule has 7 nitrogen and oxygen atoms in total. The maximum absolute atomic E-state index is 11.5. The zero-order valence-corrected chi connectivity index (χ0v) is 8.72. The minimum atomic E-state index is -0.528. The second-order valence-electron chi connectivity index (χ2n) is 3.82. The summed E-state index contributed by atoms with van der Waals surface area (Å²) in [6, 6.07) is -0.277. The second-order valence-corrected chi connectivity index (χ2v) is 3.82. The lowest BCUT2D eigenvalue weighted by Gasteiger charge is -2.01. The van der Waals surface area contributed by atoms with Gasteiger partial charge in [0.15, 0.2) is 0 Å². The van der Waals surface area contributed by atoms with Crippen molar-refractivity contribution in [2.75, 3.05) is 6.61 Å². The highest BCUT2D eigenvalue weighted by atomic mass is 16.5. The molecule has 1 aliphatic carbocycles. The monoisotopic (exact) mass is 226 g/mol. The van der Waals surface area contributed by atoms with E-state index in [1.807, 2.05) is 0 Å². The Morgan fingerprint density at radius 3 is 3.06 bits per heavy atom. The molecular formula is C9H14N4O3. The summed E-state index contributed by atoms with van der Waals surface area (Å²) < 4.78 is 4.84. The summed E-state index contributed by atoms with van der Waals surface area (Å²) >= 11 is 0. The van der Waals surface area contributed by atoms with E-state index < -0.39 is 6.04 Å². The van der Waals surface area contributed by atoms with Crippen molar-refractivity contribution in [1.82, 2.24) is 15.5 Å². The molecule has 0 aromatic carbocycles. The molecule has 0 radical (unpaired) electrons. The molecule has 1 aromatic rings. The standard InChI is InChI=1S/C9H14N4O3/c10-6(3-4-14)9-12-7(13-16-9)8(15)11-5-1-2-5/h5-6,14H,1-4,10H2,(H,11,15). The molecule has 1 heterocycles. The highest BCUT2D eigenvalue weighted by Crippen LogP contribution is 2.19. The molecule has 1 atom stereocenters. The van der Waals surface area contributed by atoms with E-state index in [-0.39, 0.29) is 30.3 Å². The second kappa shape index (κ2) is 4.58. The van der Waals surface area contributed by atoms with Crippen LogP contribution in [0.4, 0.5) is 0 Å². The molecule has 88 valence electrons. The Morgan fingerprint density at radius 2 is 2.44 bits per heavy atom. The third kappa shape index (κ3) is 2.56. The SMILES string of the molecule is NC(CCO)c1nc(C(=O)NC2CC2)no1. The molecule has 1 aliphatic rings. The van der Waals surface area contributed by atoms with Crippen LogP contribution in [0.1, 0.15) is 41.8 Å². The van der Waals surface area contributed by atoms with Crippen molar-refractivity contribution in [2.45, 2.75) is 31.3 Å². The van der Waals surface area contributed by atoms with Gasteiger partial charge in [0.1, 0.15) is 0 Å². The van der Waals surface area contributed by atoms with Gasteiger partial charge in [0.05, 0.1) is 6.04 Å². The van der Waals surface area contributed by atoms with E-state index in [4.69, 9.17) is 15.4 Å². The molecule has 16 heavy (non-hydrogen) atoms. The van der Waals surface area contributed by atoms with Crippen LogP contribution in [0.3, 0.4) is 0 Å². The fourth-order valence-corrected chi connectivity index (χ4v) is 1.22. The Morgan fingerprint density at radius 1 is 1.69 bits per heavy atom. The van der Waals surface area contributed by atoms with Gasteiger partial charge in [-0.3, -0.25) is 4.79 Å². The number of rotatable bonds is 5. The average molecular weight is 226 g/mol. The molecule has 1 unspecified atom stereocenters. The third-order valence-corrected chi connectivity index (χ3v) is 2.31. The lowest BCUT2D eigenvalue weighted by molar-refractivity contribution is 0.0937. The lowest BCUT2D eigenvalue weighted by Crippen LogP contribution is -2.26. The number of carbonyl (C=O) groups excluding carboxylic acids is 1. The van der Waals surface area contributed by atoms with Crippen molar-refractivity contribution in [3.05, 3.63) is 11.7 Å². The van der Waals surface area contributed by atoms with Crippen molar-refractivity contribution >= 4 is 5.91 Å². The molecule has 0 spiro atoms. The summed E-state index contributed by atoms with van der Waals surface area (Å²) in [5.41, 5.74) is 5.64. The van der Waals surface area contributed by atoms with Gasteiger partial charge in [0.25, 0.3) is 11.7 Å². The van der Waals surface area contributed by atoms with Gasteiger partial charge in [0.2, 0.25) is 5.89 Å². The summed E-state index contributed by atoms with van der Waals surface area (Å²) in [6.45, 7) is -0.0624. The Labute approximate surface area is 92.0 Å². The number of aliphatic hydroxyl groups excluding tert-OH is 1. The predicted molar refractivity (Wildman–Crippen MR) is 53.4 cm³/mol. The van der Waals surface area contributed by atoms with Crippen LogP contribution >= 0.6 is 0 Å². The van der Waals surface area contributed by atoms with E-state index in [0.717, 1.165) is 12.8 Å². The first kappa shape index (κ1) is 11.0. The Balaban J connectivity index is 1.97. The van der Waals surface area contributed by atoms with Gasteiger partial charge in [-0.15, -0.1) is 0 Å². The van der Waals surface area contributed by atoms with Gasteiger partial charge in [-0.1, -0.05) is 5.16 Å². The first-order valence-electron chi connectivity index (χ1n) is 5.21. The number of amides is 1. The van der Waals surface area contributed by atoms with E-state index in [2.05, 4.69) is 15.5 Å². The van der Waals surface area contributed by atoms with Crippen LogP contribution in [-0.2, 0) is 0 Å². The average Bonchev–Trinajstić information content (AvgIpc) is 2.93. The molecule has 1 saturated carbocycles. The van der Waals surface area contributed by atoms with Gasteiger partial charge in [-0.25, -0.2) is 0 Å². The zero-order valence-electron chi connectivity index (χ0n) is 8.72.